The highest BCUT2D eigenvalue weighted by molar-refractivity contribution is 7.99. The molecule has 0 spiro atoms. The summed E-state index contributed by atoms with van der Waals surface area (Å²) in [5, 5.41) is 12.0. The Morgan fingerprint density at radius 3 is 2.69 bits per heavy atom. The highest BCUT2D eigenvalue weighted by Crippen LogP contribution is 2.37. The van der Waals surface area contributed by atoms with Crippen LogP contribution >= 0.6 is 23.1 Å². The number of benzene rings is 2. The van der Waals surface area contributed by atoms with Gasteiger partial charge in [0.25, 0.3) is 0 Å². The molecule has 0 saturated carbocycles. The van der Waals surface area contributed by atoms with Gasteiger partial charge in [-0.25, -0.2) is 4.98 Å². The van der Waals surface area contributed by atoms with Crippen LogP contribution in [0.1, 0.15) is 28.7 Å². The van der Waals surface area contributed by atoms with Crippen LogP contribution in [0.2, 0.25) is 0 Å². The van der Waals surface area contributed by atoms with E-state index in [1.165, 1.54) is 41.3 Å². The lowest BCUT2D eigenvalue weighted by molar-refractivity contribution is -0.138. The van der Waals surface area contributed by atoms with Crippen molar-refractivity contribution in [2.75, 3.05) is 42.6 Å². The number of carboxylic acids is 1. The molecule has 190 valence electrons. The minimum absolute atomic E-state index is 0.209. The number of aromatic nitrogens is 1. The summed E-state index contributed by atoms with van der Waals surface area (Å²) < 4.78 is 6.35. The normalized spacial score (nSPS) is 16.7. The van der Waals surface area contributed by atoms with Crippen molar-refractivity contribution in [3.63, 3.8) is 0 Å². The Bertz CT molecular complexity index is 1220. The Morgan fingerprint density at radius 2 is 1.94 bits per heavy atom. The Hall–Kier alpha value is -2.55. The standard InChI is InChI=1S/C28H33N3O3S2/c1-19-3-6-26(24(11-19)25-18-36-28(29-25)31-15-22(16-31)13-27(32)33)34-17-23-5-4-21(12-20(23)2)14-30-7-9-35-10-8-30/h3-6,11-12,18,22H,7-10,13-17H2,1-2H3,(H,32,33). The molecule has 1 N–H and O–H groups in total. The molecule has 5 rings (SSSR count). The number of rotatable bonds is 9. The van der Waals surface area contributed by atoms with Crippen molar-refractivity contribution in [3.05, 3.63) is 64.0 Å². The molecule has 3 aromatic rings. The third-order valence-electron chi connectivity index (χ3n) is 6.89. The minimum Gasteiger partial charge on any atom is -0.488 e. The zero-order valence-corrected chi connectivity index (χ0v) is 22.5. The fourth-order valence-electron chi connectivity index (χ4n) is 4.80. The quantitative estimate of drug-likeness (QED) is 0.399. The zero-order valence-electron chi connectivity index (χ0n) is 20.9. The molecule has 8 heteroatoms. The van der Waals surface area contributed by atoms with E-state index >= 15 is 0 Å². The van der Waals surface area contributed by atoms with Crippen LogP contribution in [0.4, 0.5) is 5.13 Å². The second-order valence-corrected chi connectivity index (χ2v) is 11.9. The van der Waals surface area contributed by atoms with Crippen molar-refractivity contribution < 1.29 is 14.6 Å². The van der Waals surface area contributed by atoms with Crippen LogP contribution in [0.3, 0.4) is 0 Å². The van der Waals surface area contributed by atoms with Crippen LogP contribution in [0.15, 0.2) is 41.8 Å². The lowest BCUT2D eigenvalue weighted by atomic mass is 9.97. The first-order chi connectivity index (χ1) is 17.4. The first-order valence-corrected chi connectivity index (χ1v) is 14.5. The maximum absolute atomic E-state index is 10.9. The van der Waals surface area contributed by atoms with Gasteiger partial charge in [0.05, 0.1) is 12.1 Å². The molecule has 36 heavy (non-hydrogen) atoms. The zero-order chi connectivity index (χ0) is 25.1. The van der Waals surface area contributed by atoms with Gasteiger partial charge in [-0.2, -0.15) is 11.8 Å². The summed E-state index contributed by atoms with van der Waals surface area (Å²) in [6.45, 7) is 9.63. The molecular weight excluding hydrogens is 490 g/mol. The van der Waals surface area contributed by atoms with Crippen molar-refractivity contribution >= 4 is 34.2 Å². The summed E-state index contributed by atoms with van der Waals surface area (Å²) in [6.07, 6.45) is 0.225. The molecule has 1 aromatic heterocycles. The van der Waals surface area contributed by atoms with Crippen LogP contribution in [0.25, 0.3) is 11.3 Å². The highest BCUT2D eigenvalue weighted by atomic mass is 32.2. The van der Waals surface area contributed by atoms with Gasteiger partial charge in [0.1, 0.15) is 12.4 Å². The van der Waals surface area contributed by atoms with Crippen LogP contribution in [0.5, 0.6) is 5.75 Å². The number of aliphatic carboxylic acids is 1. The molecule has 2 fully saturated rings. The molecule has 0 atom stereocenters. The van der Waals surface area contributed by atoms with Gasteiger partial charge >= 0.3 is 5.97 Å². The van der Waals surface area contributed by atoms with Crippen molar-refractivity contribution in [2.24, 2.45) is 5.92 Å². The van der Waals surface area contributed by atoms with Crippen molar-refractivity contribution in [3.8, 4) is 17.0 Å². The summed E-state index contributed by atoms with van der Waals surface area (Å²) in [5.74, 6) is 2.77. The molecule has 0 unspecified atom stereocenters. The molecule has 0 radical (unpaired) electrons. The monoisotopic (exact) mass is 523 g/mol. The number of carbonyl (C=O) groups is 1. The summed E-state index contributed by atoms with van der Waals surface area (Å²) in [5.41, 5.74) is 6.89. The largest absolute Gasteiger partial charge is 0.488 e. The Morgan fingerprint density at radius 1 is 1.14 bits per heavy atom. The smallest absolute Gasteiger partial charge is 0.303 e. The fourth-order valence-corrected chi connectivity index (χ4v) is 6.62. The van der Waals surface area contributed by atoms with Gasteiger partial charge < -0.3 is 14.7 Å². The fraction of sp³-hybridized carbons (Fsp3) is 0.429. The summed E-state index contributed by atoms with van der Waals surface area (Å²) in [7, 11) is 0. The van der Waals surface area contributed by atoms with E-state index in [1.807, 2.05) is 17.8 Å². The first kappa shape index (κ1) is 25.1. The van der Waals surface area contributed by atoms with E-state index in [-0.39, 0.29) is 12.3 Å². The Labute approximate surface area is 221 Å². The van der Waals surface area contributed by atoms with E-state index < -0.39 is 5.97 Å². The second kappa shape index (κ2) is 11.2. The summed E-state index contributed by atoms with van der Waals surface area (Å²) in [6, 6.07) is 13.0. The average Bonchev–Trinajstić information content (AvgIpc) is 3.31. The van der Waals surface area contributed by atoms with Gasteiger partial charge in [-0.3, -0.25) is 9.69 Å². The number of ether oxygens (including phenoxy) is 1. The summed E-state index contributed by atoms with van der Waals surface area (Å²) >= 11 is 3.65. The molecule has 3 heterocycles. The third-order valence-corrected chi connectivity index (χ3v) is 8.74. The van der Waals surface area contributed by atoms with E-state index in [0.29, 0.717) is 6.61 Å². The molecule has 2 saturated heterocycles. The van der Waals surface area contributed by atoms with E-state index in [2.05, 4.69) is 59.4 Å². The Kier molecular flexibility index (Phi) is 7.84. The molecule has 2 aromatic carbocycles. The van der Waals surface area contributed by atoms with Crippen LogP contribution in [-0.2, 0) is 17.9 Å². The van der Waals surface area contributed by atoms with Gasteiger partial charge in [0, 0.05) is 61.1 Å². The SMILES string of the molecule is Cc1ccc(OCc2ccc(CN3CCSCC3)cc2C)c(-c2csc(N3CC(CC(=O)O)C3)n2)c1. The Balaban J connectivity index is 1.25. The van der Waals surface area contributed by atoms with Gasteiger partial charge in [-0.05, 0) is 42.7 Å². The van der Waals surface area contributed by atoms with Gasteiger partial charge in [0.15, 0.2) is 5.13 Å². The van der Waals surface area contributed by atoms with Gasteiger partial charge in [-0.15, -0.1) is 11.3 Å². The maximum atomic E-state index is 10.9. The molecule has 0 amide bonds. The van der Waals surface area contributed by atoms with Crippen LogP contribution in [-0.4, -0.2) is 58.6 Å². The predicted octanol–water partition coefficient (Wildman–Crippen LogP) is 5.47. The van der Waals surface area contributed by atoms with E-state index in [0.717, 1.165) is 47.3 Å². The number of hydrogen-bond donors (Lipinski definition) is 1. The van der Waals surface area contributed by atoms with Crippen molar-refractivity contribution in [1.82, 2.24) is 9.88 Å². The van der Waals surface area contributed by atoms with Crippen LogP contribution < -0.4 is 9.64 Å². The molecule has 2 aliphatic heterocycles. The number of thiazole rings is 1. The molecular formula is C28H33N3O3S2. The van der Waals surface area contributed by atoms with Gasteiger partial charge in [0.2, 0.25) is 0 Å². The van der Waals surface area contributed by atoms with Crippen molar-refractivity contribution in [1.29, 1.82) is 0 Å². The molecule has 0 bridgehead atoms. The first-order valence-electron chi connectivity index (χ1n) is 12.5. The average molecular weight is 524 g/mol. The minimum atomic E-state index is -0.730. The predicted molar refractivity (Wildman–Crippen MR) is 148 cm³/mol. The highest BCUT2D eigenvalue weighted by Gasteiger charge is 2.30. The molecule has 2 aliphatic rings. The van der Waals surface area contributed by atoms with Gasteiger partial charge in [-0.1, -0.05) is 29.8 Å². The number of anilines is 1. The van der Waals surface area contributed by atoms with E-state index in [4.69, 9.17) is 14.8 Å². The van der Waals surface area contributed by atoms with E-state index in [1.54, 1.807) is 11.3 Å². The number of hydrogen-bond acceptors (Lipinski definition) is 7. The second-order valence-electron chi connectivity index (χ2n) is 9.82. The summed E-state index contributed by atoms with van der Waals surface area (Å²) in [4.78, 5) is 20.5. The molecule has 6 nitrogen and oxygen atoms in total. The van der Waals surface area contributed by atoms with Crippen LogP contribution in [0, 0.1) is 19.8 Å². The maximum Gasteiger partial charge on any atom is 0.303 e. The number of aryl methyl sites for hydroxylation is 2. The van der Waals surface area contributed by atoms with Crippen molar-refractivity contribution in [2.45, 2.75) is 33.4 Å². The third kappa shape index (κ3) is 6.05. The lowest BCUT2D eigenvalue weighted by Crippen LogP contribution is -2.47. The topological polar surface area (TPSA) is 65.9 Å². The lowest BCUT2D eigenvalue weighted by Gasteiger charge is -2.38. The number of nitrogens with zero attached hydrogens (tertiary/aromatic N) is 3. The molecule has 0 aliphatic carbocycles. The number of carboxylic acid groups (broad SMARTS) is 1. The number of thioether (sulfide) groups is 1. The van der Waals surface area contributed by atoms with E-state index in [9.17, 15) is 4.79 Å².